The predicted molar refractivity (Wildman–Crippen MR) is 98.5 cm³/mol. The van der Waals surface area contributed by atoms with E-state index in [-0.39, 0.29) is 23.8 Å². The molecule has 4 rings (SSSR count). The van der Waals surface area contributed by atoms with E-state index < -0.39 is 0 Å². The van der Waals surface area contributed by atoms with Crippen LogP contribution in [0.4, 0.5) is 5.69 Å². The Morgan fingerprint density at radius 3 is 2.76 bits per heavy atom. The van der Waals surface area contributed by atoms with Crippen molar-refractivity contribution in [3.8, 4) is 0 Å². The molecule has 1 saturated heterocycles. The number of likely N-dealkylation sites (tertiary alicyclic amines) is 1. The first kappa shape index (κ1) is 16.3. The van der Waals surface area contributed by atoms with E-state index in [4.69, 9.17) is 10.7 Å². The van der Waals surface area contributed by atoms with Gasteiger partial charge in [0.1, 0.15) is 9.71 Å². The van der Waals surface area contributed by atoms with Crippen LogP contribution in [0, 0.1) is 5.92 Å². The largest absolute Gasteiger partial charge is 0.397 e. The van der Waals surface area contributed by atoms with Crippen LogP contribution in [0.2, 0.25) is 0 Å². The number of rotatable bonds is 3. The topological polar surface area (TPSA) is 88.3 Å². The number of carbonyl (C=O) groups is 2. The number of nitrogen functional groups attached to an aromatic ring is 1. The van der Waals surface area contributed by atoms with E-state index in [2.05, 4.69) is 5.32 Å². The van der Waals surface area contributed by atoms with Gasteiger partial charge >= 0.3 is 0 Å². The molecule has 3 heterocycles. The summed E-state index contributed by atoms with van der Waals surface area (Å²) in [4.78, 5) is 32.7. The molecule has 1 saturated carbocycles. The fraction of sp³-hybridized carbons (Fsp3) is 0.500. The van der Waals surface area contributed by atoms with E-state index in [1.165, 1.54) is 11.3 Å². The summed E-state index contributed by atoms with van der Waals surface area (Å²) in [6.07, 6.45) is 5.16. The average Bonchev–Trinajstić information content (AvgIpc) is 3.17. The first-order valence-corrected chi connectivity index (χ1v) is 9.63. The summed E-state index contributed by atoms with van der Waals surface area (Å²) in [7, 11) is 1.59. The minimum atomic E-state index is -0.190. The van der Waals surface area contributed by atoms with Gasteiger partial charge in [0.25, 0.3) is 5.91 Å². The maximum Gasteiger partial charge on any atom is 0.263 e. The van der Waals surface area contributed by atoms with Crippen molar-refractivity contribution in [3.05, 3.63) is 22.7 Å². The number of pyridine rings is 1. The van der Waals surface area contributed by atoms with E-state index in [9.17, 15) is 9.59 Å². The molecule has 1 aliphatic heterocycles. The Morgan fingerprint density at radius 1 is 1.28 bits per heavy atom. The number of thiophene rings is 1. The van der Waals surface area contributed by atoms with Crippen LogP contribution in [0.3, 0.4) is 0 Å². The van der Waals surface area contributed by atoms with E-state index >= 15 is 0 Å². The standard InChI is InChI=1S/C18H22N4O2S/c1-20-16(23)15-14(19)11-7-8-12(21-17(11)25-15)13-6-3-9-22(13)18(24)10-4-2-5-10/h7-8,10,13H,2-6,9,19H2,1H3,(H,20,23)/t13-/m0/s1. The lowest BCUT2D eigenvalue weighted by atomic mass is 9.84. The molecule has 0 bridgehead atoms. The molecule has 2 aromatic heterocycles. The van der Waals surface area contributed by atoms with E-state index in [1.807, 2.05) is 17.0 Å². The Bertz CT molecular complexity index is 843. The Kier molecular flexibility index (Phi) is 4.11. The number of nitrogens with two attached hydrogens (primary N) is 1. The summed E-state index contributed by atoms with van der Waals surface area (Å²) < 4.78 is 0. The third-order valence-electron chi connectivity index (χ3n) is 5.38. The summed E-state index contributed by atoms with van der Waals surface area (Å²) in [5.41, 5.74) is 7.49. The zero-order valence-electron chi connectivity index (χ0n) is 14.2. The summed E-state index contributed by atoms with van der Waals surface area (Å²) >= 11 is 1.31. The third-order valence-corrected chi connectivity index (χ3v) is 6.49. The van der Waals surface area contributed by atoms with Crippen LogP contribution in [0.5, 0.6) is 0 Å². The van der Waals surface area contributed by atoms with Crippen molar-refractivity contribution in [3.63, 3.8) is 0 Å². The normalized spacial score (nSPS) is 20.7. The molecule has 132 valence electrons. The highest BCUT2D eigenvalue weighted by Gasteiger charge is 2.37. The van der Waals surface area contributed by atoms with Gasteiger partial charge in [-0.25, -0.2) is 4.98 Å². The lowest BCUT2D eigenvalue weighted by Gasteiger charge is -2.32. The van der Waals surface area contributed by atoms with Gasteiger partial charge in [0, 0.05) is 24.9 Å². The molecule has 7 heteroatoms. The van der Waals surface area contributed by atoms with Crippen molar-refractivity contribution in [2.45, 2.75) is 38.1 Å². The van der Waals surface area contributed by atoms with Crippen LogP contribution in [0.25, 0.3) is 10.2 Å². The SMILES string of the molecule is CNC(=O)c1sc2nc([C@@H]3CCCN3C(=O)C3CCC3)ccc2c1N. The van der Waals surface area contributed by atoms with Gasteiger partial charge in [-0.05, 0) is 37.8 Å². The molecule has 0 aromatic carbocycles. The average molecular weight is 358 g/mol. The Morgan fingerprint density at radius 2 is 2.08 bits per heavy atom. The van der Waals surface area contributed by atoms with Crippen LogP contribution in [0.15, 0.2) is 12.1 Å². The molecule has 2 aromatic rings. The highest BCUT2D eigenvalue weighted by Crippen LogP contribution is 2.39. The van der Waals surface area contributed by atoms with Crippen LogP contribution in [-0.2, 0) is 4.79 Å². The summed E-state index contributed by atoms with van der Waals surface area (Å²) in [6.45, 7) is 0.815. The number of hydrogen-bond donors (Lipinski definition) is 2. The highest BCUT2D eigenvalue weighted by molar-refractivity contribution is 7.21. The number of nitrogens with zero attached hydrogens (tertiary/aromatic N) is 2. The van der Waals surface area contributed by atoms with Gasteiger partial charge in [-0.15, -0.1) is 11.3 Å². The van der Waals surface area contributed by atoms with E-state index in [0.717, 1.165) is 54.6 Å². The van der Waals surface area contributed by atoms with E-state index in [1.54, 1.807) is 7.05 Å². The quantitative estimate of drug-likeness (QED) is 0.883. The number of amides is 2. The Labute approximate surface area is 150 Å². The zero-order chi connectivity index (χ0) is 17.6. The summed E-state index contributed by atoms with van der Waals surface area (Å²) in [5.74, 6) is 0.304. The van der Waals surface area contributed by atoms with Gasteiger partial charge in [-0.2, -0.15) is 0 Å². The van der Waals surface area contributed by atoms with Gasteiger partial charge in [0.05, 0.1) is 17.4 Å². The molecular weight excluding hydrogens is 336 g/mol. The van der Waals surface area contributed by atoms with Crippen molar-refractivity contribution in [2.75, 3.05) is 19.3 Å². The first-order valence-electron chi connectivity index (χ1n) is 8.81. The first-order chi connectivity index (χ1) is 12.1. The molecule has 25 heavy (non-hydrogen) atoms. The molecule has 2 amide bonds. The Hall–Kier alpha value is -2.15. The second kappa shape index (κ2) is 6.29. The minimum absolute atomic E-state index is 0.0456. The monoisotopic (exact) mass is 358 g/mol. The maximum atomic E-state index is 12.7. The van der Waals surface area contributed by atoms with Crippen molar-refractivity contribution in [1.29, 1.82) is 0 Å². The van der Waals surface area contributed by atoms with Crippen molar-refractivity contribution in [2.24, 2.45) is 5.92 Å². The lowest BCUT2D eigenvalue weighted by molar-refractivity contribution is -0.139. The number of carbonyl (C=O) groups excluding carboxylic acids is 2. The number of hydrogen-bond acceptors (Lipinski definition) is 5. The maximum absolute atomic E-state index is 12.7. The van der Waals surface area contributed by atoms with Gasteiger partial charge in [0.2, 0.25) is 5.91 Å². The number of aromatic nitrogens is 1. The van der Waals surface area contributed by atoms with Crippen LogP contribution >= 0.6 is 11.3 Å². The smallest absolute Gasteiger partial charge is 0.263 e. The van der Waals surface area contributed by atoms with Crippen molar-refractivity contribution in [1.82, 2.24) is 15.2 Å². The number of fused-ring (bicyclic) bond motifs is 1. The number of nitrogens with one attached hydrogen (secondary N) is 1. The molecule has 3 N–H and O–H groups in total. The summed E-state index contributed by atoms with van der Waals surface area (Å²) in [5, 5.41) is 3.42. The highest BCUT2D eigenvalue weighted by atomic mass is 32.1. The zero-order valence-corrected chi connectivity index (χ0v) is 15.1. The van der Waals surface area contributed by atoms with Gasteiger partial charge < -0.3 is 16.0 Å². The molecule has 0 unspecified atom stereocenters. The van der Waals surface area contributed by atoms with E-state index in [0.29, 0.717) is 10.6 Å². The minimum Gasteiger partial charge on any atom is -0.397 e. The third kappa shape index (κ3) is 2.66. The second-order valence-corrected chi connectivity index (χ2v) is 7.83. The van der Waals surface area contributed by atoms with Crippen molar-refractivity contribution >= 4 is 39.1 Å². The molecule has 1 atom stereocenters. The Balaban J connectivity index is 1.66. The fourth-order valence-corrected chi connectivity index (χ4v) is 4.75. The van der Waals surface area contributed by atoms with Crippen molar-refractivity contribution < 1.29 is 9.59 Å². The predicted octanol–water partition coefficient (Wildman–Crippen LogP) is 2.70. The molecule has 0 spiro atoms. The molecule has 6 nitrogen and oxygen atoms in total. The number of anilines is 1. The van der Waals surface area contributed by atoms with Crippen LogP contribution < -0.4 is 11.1 Å². The molecule has 0 radical (unpaired) electrons. The second-order valence-electron chi connectivity index (χ2n) is 6.83. The molecular formula is C18H22N4O2S. The fourth-order valence-electron chi connectivity index (χ4n) is 3.71. The van der Waals surface area contributed by atoms with Gasteiger partial charge in [-0.3, -0.25) is 9.59 Å². The van der Waals surface area contributed by atoms with Crippen LogP contribution in [0.1, 0.15) is 53.5 Å². The van der Waals surface area contributed by atoms with Gasteiger partial charge in [0.15, 0.2) is 0 Å². The molecule has 2 fully saturated rings. The van der Waals surface area contributed by atoms with Gasteiger partial charge in [-0.1, -0.05) is 6.42 Å². The molecule has 1 aliphatic carbocycles. The summed E-state index contributed by atoms with van der Waals surface area (Å²) in [6, 6.07) is 3.93. The lowest BCUT2D eigenvalue weighted by Crippen LogP contribution is -2.38. The molecule has 2 aliphatic rings. The van der Waals surface area contributed by atoms with Crippen LogP contribution in [-0.4, -0.2) is 35.3 Å².